The van der Waals surface area contributed by atoms with Gasteiger partial charge in [0.1, 0.15) is 17.5 Å². The highest BCUT2D eigenvalue weighted by Crippen LogP contribution is 2.25. The second kappa shape index (κ2) is 9.83. The number of esters is 1. The molecular weight excluding hydrogens is 320 g/mol. The highest BCUT2D eigenvalue weighted by Gasteiger charge is 2.21. The summed E-state index contributed by atoms with van der Waals surface area (Å²) in [5, 5.41) is 5.26. The molecule has 0 radical (unpaired) electrons. The maximum Gasteiger partial charge on any atom is 0.328 e. The van der Waals surface area contributed by atoms with E-state index in [1.807, 2.05) is 6.26 Å². The van der Waals surface area contributed by atoms with Gasteiger partial charge in [-0.2, -0.15) is 11.8 Å². The molecule has 128 valence electrons. The number of ether oxygens (including phenoxy) is 3. The van der Waals surface area contributed by atoms with Gasteiger partial charge >= 0.3 is 12.0 Å². The minimum Gasteiger partial charge on any atom is -0.497 e. The van der Waals surface area contributed by atoms with Crippen LogP contribution in [0.2, 0.25) is 0 Å². The minimum atomic E-state index is -0.694. The molecule has 0 aromatic heterocycles. The SMILES string of the molecule is COC(=O)[C@@H](CCSC)NC(=O)Nc1cc(OC)cc(OC)c1. The fraction of sp³-hybridized carbons (Fsp3) is 0.467. The number of anilines is 1. The van der Waals surface area contributed by atoms with E-state index in [-0.39, 0.29) is 0 Å². The fourth-order valence-corrected chi connectivity index (χ4v) is 2.30. The highest BCUT2D eigenvalue weighted by atomic mass is 32.2. The Kier molecular flexibility index (Phi) is 8.10. The number of nitrogens with one attached hydrogen (secondary N) is 2. The van der Waals surface area contributed by atoms with Gasteiger partial charge in [-0.05, 0) is 18.4 Å². The van der Waals surface area contributed by atoms with Gasteiger partial charge in [0.2, 0.25) is 0 Å². The van der Waals surface area contributed by atoms with Crippen molar-refractivity contribution in [3.8, 4) is 11.5 Å². The average molecular weight is 342 g/mol. The number of rotatable bonds is 8. The lowest BCUT2D eigenvalue weighted by Crippen LogP contribution is -2.44. The maximum atomic E-state index is 12.1. The van der Waals surface area contributed by atoms with E-state index in [1.54, 1.807) is 30.0 Å². The van der Waals surface area contributed by atoms with E-state index in [0.717, 1.165) is 5.75 Å². The van der Waals surface area contributed by atoms with Crippen molar-refractivity contribution >= 4 is 29.4 Å². The molecule has 2 N–H and O–H groups in total. The Bertz CT molecular complexity index is 516. The van der Waals surface area contributed by atoms with Crippen LogP contribution in [0.1, 0.15) is 6.42 Å². The molecule has 1 rings (SSSR count). The summed E-state index contributed by atoms with van der Waals surface area (Å²) in [6.45, 7) is 0. The predicted molar refractivity (Wildman–Crippen MR) is 90.5 cm³/mol. The maximum absolute atomic E-state index is 12.1. The summed E-state index contributed by atoms with van der Waals surface area (Å²) < 4.78 is 15.0. The third-order valence-corrected chi connectivity index (χ3v) is 3.65. The zero-order chi connectivity index (χ0) is 17.2. The summed E-state index contributed by atoms with van der Waals surface area (Å²) in [6.07, 6.45) is 2.42. The third kappa shape index (κ3) is 6.27. The molecule has 0 heterocycles. The number of urea groups is 1. The van der Waals surface area contributed by atoms with Gasteiger partial charge in [-0.1, -0.05) is 0 Å². The molecule has 0 unspecified atom stereocenters. The van der Waals surface area contributed by atoms with Crippen LogP contribution in [-0.4, -0.2) is 51.4 Å². The number of amides is 2. The summed E-state index contributed by atoms with van der Waals surface area (Å²) in [4.78, 5) is 23.8. The lowest BCUT2D eigenvalue weighted by Gasteiger charge is -2.17. The van der Waals surface area contributed by atoms with E-state index in [0.29, 0.717) is 23.6 Å². The third-order valence-electron chi connectivity index (χ3n) is 3.01. The largest absolute Gasteiger partial charge is 0.497 e. The van der Waals surface area contributed by atoms with E-state index in [9.17, 15) is 9.59 Å². The second-order valence-corrected chi connectivity index (χ2v) is 5.54. The molecule has 1 aromatic carbocycles. The molecule has 1 aromatic rings. The Balaban J connectivity index is 2.75. The number of carbonyl (C=O) groups is 2. The fourth-order valence-electron chi connectivity index (χ4n) is 1.83. The van der Waals surface area contributed by atoms with Crippen LogP contribution >= 0.6 is 11.8 Å². The summed E-state index contributed by atoms with van der Waals surface area (Å²) in [6, 6.07) is 3.80. The van der Waals surface area contributed by atoms with Crippen LogP contribution in [0, 0.1) is 0 Å². The van der Waals surface area contributed by atoms with Crippen LogP contribution in [0.5, 0.6) is 11.5 Å². The number of thioether (sulfide) groups is 1. The van der Waals surface area contributed by atoms with Crippen molar-refractivity contribution in [2.75, 3.05) is 38.7 Å². The van der Waals surface area contributed by atoms with Gasteiger partial charge in [0, 0.05) is 23.9 Å². The van der Waals surface area contributed by atoms with Crippen molar-refractivity contribution in [1.29, 1.82) is 0 Å². The number of methoxy groups -OCH3 is 3. The van der Waals surface area contributed by atoms with Gasteiger partial charge < -0.3 is 24.8 Å². The molecule has 0 aliphatic heterocycles. The van der Waals surface area contributed by atoms with E-state index in [4.69, 9.17) is 14.2 Å². The van der Waals surface area contributed by atoms with Crippen LogP contribution in [0.3, 0.4) is 0 Å². The van der Waals surface area contributed by atoms with Gasteiger partial charge in [0.25, 0.3) is 0 Å². The predicted octanol–water partition coefficient (Wildman–Crippen LogP) is 2.12. The molecule has 0 saturated heterocycles. The van der Waals surface area contributed by atoms with Crippen molar-refractivity contribution in [2.24, 2.45) is 0 Å². The molecule has 0 bridgehead atoms. The zero-order valence-electron chi connectivity index (χ0n) is 13.7. The molecule has 8 heteroatoms. The van der Waals surface area contributed by atoms with Crippen molar-refractivity contribution in [3.05, 3.63) is 18.2 Å². The Morgan fingerprint density at radius 2 is 1.74 bits per heavy atom. The van der Waals surface area contributed by atoms with Crippen LogP contribution in [0.4, 0.5) is 10.5 Å². The summed E-state index contributed by atoms with van der Waals surface area (Å²) >= 11 is 1.59. The number of benzene rings is 1. The Morgan fingerprint density at radius 3 is 2.22 bits per heavy atom. The van der Waals surface area contributed by atoms with Gasteiger partial charge in [-0.25, -0.2) is 9.59 Å². The van der Waals surface area contributed by atoms with E-state index in [1.165, 1.54) is 21.3 Å². The molecule has 23 heavy (non-hydrogen) atoms. The molecule has 0 spiro atoms. The summed E-state index contributed by atoms with van der Waals surface area (Å²) in [5.41, 5.74) is 0.493. The van der Waals surface area contributed by atoms with Crippen LogP contribution in [0.15, 0.2) is 18.2 Å². The molecule has 0 saturated carbocycles. The van der Waals surface area contributed by atoms with Gasteiger partial charge in [-0.3, -0.25) is 0 Å². The Hall–Kier alpha value is -2.09. The van der Waals surface area contributed by atoms with Gasteiger partial charge in [0.15, 0.2) is 0 Å². The minimum absolute atomic E-state index is 0.475. The zero-order valence-corrected chi connectivity index (χ0v) is 14.5. The lowest BCUT2D eigenvalue weighted by atomic mass is 10.2. The molecule has 0 aliphatic rings. The Labute approximate surface area is 140 Å². The lowest BCUT2D eigenvalue weighted by molar-refractivity contribution is -0.142. The van der Waals surface area contributed by atoms with Crippen molar-refractivity contribution < 1.29 is 23.8 Å². The van der Waals surface area contributed by atoms with E-state index < -0.39 is 18.0 Å². The van der Waals surface area contributed by atoms with Gasteiger partial charge in [-0.15, -0.1) is 0 Å². The quantitative estimate of drug-likeness (QED) is 0.704. The van der Waals surface area contributed by atoms with Gasteiger partial charge in [0.05, 0.1) is 21.3 Å². The van der Waals surface area contributed by atoms with Crippen molar-refractivity contribution in [3.63, 3.8) is 0 Å². The highest BCUT2D eigenvalue weighted by molar-refractivity contribution is 7.98. The second-order valence-electron chi connectivity index (χ2n) is 4.56. The molecule has 0 aliphatic carbocycles. The summed E-state index contributed by atoms with van der Waals surface area (Å²) in [7, 11) is 4.34. The average Bonchev–Trinajstić information content (AvgIpc) is 2.57. The van der Waals surface area contributed by atoms with Crippen LogP contribution in [0.25, 0.3) is 0 Å². The molecule has 0 fully saturated rings. The van der Waals surface area contributed by atoms with E-state index >= 15 is 0 Å². The number of hydrogen-bond acceptors (Lipinski definition) is 6. The van der Waals surface area contributed by atoms with Crippen molar-refractivity contribution in [1.82, 2.24) is 5.32 Å². The molecular formula is C15H22N2O5S. The molecule has 7 nitrogen and oxygen atoms in total. The first kappa shape index (κ1) is 19.0. The normalized spacial score (nSPS) is 11.3. The smallest absolute Gasteiger partial charge is 0.328 e. The number of carbonyl (C=O) groups excluding carboxylic acids is 2. The first-order chi connectivity index (χ1) is 11.0. The topological polar surface area (TPSA) is 85.9 Å². The van der Waals surface area contributed by atoms with Crippen LogP contribution in [-0.2, 0) is 9.53 Å². The molecule has 1 atom stereocenters. The van der Waals surface area contributed by atoms with Crippen LogP contribution < -0.4 is 20.1 Å². The number of hydrogen-bond donors (Lipinski definition) is 2. The molecule has 2 amide bonds. The summed E-state index contributed by atoms with van der Waals surface area (Å²) in [5.74, 6) is 1.35. The van der Waals surface area contributed by atoms with Crippen molar-refractivity contribution in [2.45, 2.75) is 12.5 Å². The first-order valence-electron chi connectivity index (χ1n) is 6.91. The standard InChI is InChI=1S/C15H22N2O5S/c1-20-11-7-10(8-12(9-11)21-2)16-15(19)17-13(5-6-23-4)14(18)22-3/h7-9,13H,5-6H2,1-4H3,(H2,16,17,19)/t13-/m1/s1. The van der Waals surface area contributed by atoms with E-state index in [2.05, 4.69) is 10.6 Å². The monoisotopic (exact) mass is 342 g/mol. The first-order valence-corrected chi connectivity index (χ1v) is 8.30. The Morgan fingerprint density at radius 1 is 1.13 bits per heavy atom.